The molecule has 234 valence electrons. The lowest BCUT2D eigenvalue weighted by atomic mass is 10.1. The Balaban J connectivity index is 0.00000400. The number of hydrogen-bond donors (Lipinski definition) is 2. The van der Waals surface area contributed by atoms with E-state index in [1.54, 1.807) is 14.2 Å². The maximum Gasteiger partial charge on any atom is 0.121 e. The number of nitrogens with zero attached hydrogens (tertiary/aromatic N) is 2. The molecule has 4 aromatic carbocycles. The molecule has 0 aliphatic carbocycles. The number of fused-ring (bicyclic) bond motifs is 4. The highest BCUT2D eigenvalue weighted by molar-refractivity contribution is 6.32. The van der Waals surface area contributed by atoms with Crippen LogP contribution in [0.1, 0.15) is 38.5 Å². The molecule has 0 saturated carbocycles. The van der Waals surface area contributed by atoms with Crippen LogP contribution in [0.15, 0.2) is 72.8 Å². The summed E-state index contributed by atoms with van der Waals surface area (Å²) in [5, 5.41) is 13.1. The zero-order chi connectivity index (χ0) is 30.5. The van der Waals surface area contributed by atoms with Crippen LogP contribution in [0, 0.1) is 0 Å². The number of aromatic nitrogens is 2. The second kappa shape index (κ2) is 15.0. The van der Waals surface area contributed by atoms with E-state index in [9.17, 15) is 0 Å². The monoisotopic (exact) mass is 662 g/mol. The molecule has 0 spiro atoms. The normalized spacial score (nSPS) is 11.2. The summed E-state index contributed by atoms with van der Waals surface area (Å²) in [6.45, 7) is 1.81. The minimum absolute atomic E-state index is 0. The summed E-state index contributed by atoms with van der Waals surface area (Å²) >= 11 is 12.6. The molecule has 45 heavy (non-hydrogen) atoms. The van der Waals surface area contributed by atoms with Gasteiger partial charge in [-0.25, -0.2) is 9.97 Å². The number of benzene rings is 4. The van der Waals surface area contributed by atoms with Crippen molar-refractivity contribution in [1.29, 1.82) is 0 Å². The highest BCUT2D eigenvalue weighted by Gasteiger charge is 2.12. The average molecular weight is 664 g/mol. The van der Waals surface area contributed by atoms with Gasteiger partial charge in [0.25, 0.3) is 0 Å². The Morgan fingerprint density at radius 3 is 1.27 bits per heavy atom. The molecule has 2 heterocycles. The predicted octanol–water partition coefficient (Wildman–Crippen LogP) is 10.7. The first-order chi connectivity index (χ1) is 21.5. The summed E-state index contributed by atoms with van der Waals surface area (Å²) in [6.07, 6.45) is 7.01. The van der Waals surface area contributed by atoms with E-state index in [1.807, 2.05) is 60.7 Å². The van der Waals surface area contributed by atoms with Crippen LogP contribution in [0.25, 0.3) is 43.6 Å². The van der Waals surface area contributed by atoms with Crippen LogP contribution < -0.4 is 20.1 Å². The van der Waals surface area contributed by atoms with Crippen molar-refractivity contribution in [3.8, 4) is 11.5 Å². The standard InChI is InChI=1S/C36H36Cl2N4O2.ClH/c1-43-25-11-15-29-33(21-25)41-31-19-23(37)9-13-27(31)35(29)39-17-7-5-3-4-6-8-18-40-36-28-14-10-24(38)20-32(28)42-34-22-26(44-2)12-16-30(34)36;/h9-16,19-22H,3-8,17-18H2,1-2H3,(H,39,41)(H,40,42);1H. The van der Waals surface area contributed by atoms with Gasteiger partial charge in [0.05, 0.1) is 47.7 Å². The molecule has 0 bridgehead atoms. The van der Waals surface area contributed by atoms with Gasteiger partial charge in [-0.2, -0.15) is 0 Å². The quantitative estimate of drug-likeness (QED) is 0.0947. The van der Waals surface area contributed by atoms with Crippen LogP contribution in [0.3, 0.4) is 0 Å². The van der Waals surface area contributed by atoms with Crippen LogP contribution in [0.2, 0.25) is 10.0 Å². The summed E-state index contributed by atoms with van der Waals surface area (Å²) in [5.74, 6) is 1.58. The van der Waals surface area contributed by atoms with Gasteiger partial charge in [0.15, 0.2) is 0 Å². The van der Waals surface area contributed by atoms with E-state index in [2.05, 4.69) is 22.8 Å². The van der Waals surface area contributed by atoms with Gasteiger partial charge in [-0.1, -0.05) is 48.9 Å². The van der Waals surface area contributed by atoms with E-state index in [4.69, 9.17) is 42.6 Å². The van der Waals surface area contributed by atoms with Gasteiger partial charge in [-0.3, -0.25) is 0 Å². The molecule has 2 N–H and O–H groups in total. The van der Waals surface area contributed by atoms with Crippen molar-refractivity contribution >= 4 is 90.6 Å². The maximum absolute atomic E-state index is 6.28. The lowest BCUT2D eigenvalue weighted by Crippen LogP contribution is -2.04. The third kappa shape index (κ3) is 7.41. The van der Waals surface area contributed by atoms with Crippen molar-refractivity contribution in [3.63, 3.8) is 0 Å². The number of pyridine rings is 2. The number of ether oxygens (including phenoxy) is 2. The summed E-state index contributed by atoms with van der Waals surface area (Å²) in [6, 6.07) is 23.9. The number of halogens is 3. The summed E-state index contributed by atoms with van der Waals surface area (Å²) in [5.41, 5.74) is 5.76. The summed E-state index contributed by atoms with van der Waals surface area (Å²) < 4.78 is 10.9. The molecule has 0 atom stereocenters. The van der Waals surface area contributed by atoms with Crippen molar-refractivity contribution in [2.45, 2.75) is 38.5 Å². The van der Waals surface area contributed by atoms with Crippen LogP contribution in [0.4, 0.5) is 11.4 Å². The maximum atomic E-state index is 6.28. The Morgan fingerprint density at radius 2 is 0.867 bits per heavy atom. The van der Waals surface area contributed by atoms with E-state index in [0.29, 0.717) is 10.0 Å². The molecule has 6 rings (SSSR count). The van der Waals surface area contributed by atoms with E-state index < -0.39 is 0 Å². The topological polar surface area (TPSA) is 68.3 Å². The lowest BCUT2D eigenvalue weighted by Gasteiger charge is -2.14. The molecule has 0 radical (unpaired) electrons. The third-order valence-corrected chi connectivity index (χ3v) is 8.57. The van der Waals surface area contributed by atoms with E-state index in [-0.39, 0.29) is 12.4 Å². The Labute approximate surface area is 279 Å². The van der Waals surface area contributed by atoms with E-state index in [1.165, 1.54) is 25.7 Å². The molecule has 0 fully saturated rings. The smallest absolute Gasteiger partial charge is 0.121 e. The first-order valence-corrected chi connectivity index (χ1v) is 15.9. The number of anilines is 2. The molecule has 0 amide bonds. The molecule has 0 saturated heterocycles. The Morgan fingerprint density at radius 1 is 0.511 bits per heavy atom. The Bertz CT molecular complexity index is 1810. The molecule has 2 aromatic heterocycles. The zero-order valence-electron chi connectivity index (χ0n) is 25.5. The van der Waals surface area contributed by atoms with Crippen LogP contribution in [-0.4, -0.2) is 37.3 Å². The number of hydrogen-bond acceptors (Lipinski definition) is 6. The predicted molar refractivity (Wildman–Crippen MR) is 194 cm³/mol. The fraction of sp³-hybridized carbons (Fsp3) is 0.278. The van der Waals surface area contributed by atoms with Crippen LogP contribution in [-0.2, 0) is 0 Å². The fourth-order valence-electron chi connectivity index (χ4n) is 5.82. The van der Waals surface area contributed by atoms with Gasteiger partial charge in [0, 0.05) is 56.8 Å². The van der Waals surface area contributed by atoms with Gasteiger partial charge >= 0.3 is 0 Å². The highest BCUT2D eigenvalue weighted by atomic mass is 35.5. The lowest BCUT2D eigenvalue weighted by molar-refractivity contribution is 0.415. The second-order valence-corrected chi connectivity index (χ2v) is 11.9. The molecule has 0 unspecified atom stereocenters. The minimum atomic E-state index is 0. The average Bonchev–Trinajstić information content (AvgIpc) is 3.03. The molecule has 6 aromatic rings. The first-order valence-electron chi connectivity index (χ1n) is 15.2. The van der Waals surface area contributed by atoms with Crippen molar-refractivity contribution in [2.24, 2.45) is 0 Å². The van der Waals surface area contributed by atoms with Crippen LogP contribution >= 0.6 is 35.6 Å². The zero-order valence-corrected chi connectivity index (χ0v) is 27.8. The van der Waals surface area contributed by atoms with Crippen LogP contribution in [0.5, 0.6) is 11.5 Å². The number of nitrogens with one attached hydrogen (secondary N) is 2. The molecule has 0 aliphatic heterocycles. The summed E-state index contributed by atoms with van der Waals surface area (Å²) in [7, 11) is 3.35. The van der Waals surface area contributed by atoms with Crippen molar-refractivity contribution < 1.29 is 9.47 Å². The van der Waals surface area contributed by atoms with Gasteiger partial charge in [-0.05, 0) is 73.5 Å². The largest absolute Gasteiger partial charge is 0.497 e. The van der Waals surface area contributed by atoms with Crippen molar-refractivity contribution in [3.05, 3.63) is 82.8 Å². The van der Waals surface area contributed by atoms with E-state index >= 15 is 0 Å². The molecule has 6 nitrogen and oxygen atoms in total. The van der Waals surface area contributed by atoms with Gasteiger partial charge < -0.3 is 20.1 Å². The highest BCUT2D eigenvalue weighted by Crippen LogP contribution is 2.35. The number of rotatable bonds is 13. The van der Waals surface area contributed by atoms with Crippen molar-refractivity contribution in [1.82, 2.24) is 9.97 Å². The fourth-order valence-corrected chi connectivity index (χ4v) is 6.15. The third-order valence-electron chi connectivity index (χ3n) is 8.10. The van der Waals surface area contributed by atoms with Gasteiger partial charge in [0.1, 0.15) is 11.5 Å². The molecule has 9 heteroatoms. The number of methoxy groups -OCH3 is 2. The molecule has 0 aliphatic rings. The Hall–Kier alpha value is -3.71. The molecular weight excluding hydrogens is 627 g/mol. The molecular formula is C36H37Cl3N4O2. The van der Waals surface area contributed by atoms with Gasteiger partial charge in [0.2, 0.25) is 0 Å². The van der Waals surface area contributed by atoms with Crippen molar-refractivity contribution in [2.75, 3.05) is 37.9 Å². The minimum Gasteiger partial charge on any atom is -0.497 e. The number of unbranched alkanes of at least 4 members (excludes halogenated alkanes) is 5. The Kier molecular flexibility index (Phi) is 10.9. The second-order valence-electron chi connectivity index (χ2n) is 11.0. The summed E-state index contributed by atoms with van der Waals surface area (Å²) in [4.78, 5) is 9.67. The van der Waals surface area contributed by atoms with Gasteiger partial charge in [-0.15, -0.1) is 12.4 Å². The van der Waals surface area contributed by atoms with E-state index in [0.717, 1.165) is 92.4 Å². The first kappa shape index (κ1) is 32.7. The SMILES string of the molecule is COc1ccc2c(NCCCCCCCCNc3c4ccc(Cl)cc4nc4cc(OC)ccc34)c3ccc(Cl)cc3nc2c1.Cl.